The van der Waals surface area contributed by atoms with Gasteiger partial charge in [0.25, 0.3) is 0 Å². The van der Waals surface area contributed by atoms with E-state index in [0.717, 1.165) is 19.3 Å². The highest BCUT2D eigenvalue weighted by Crippen LogP contribution is 2.56. The zero-order valence-corrected chi connectivity index (χ0v) is 15.4. The molecule has 3 fully saturated rings. The largest absolute Gasteiger partial charge is 0.485 e. The van der Waals surface area contributed by atoms with Crippen molar-refractivity contribution in [2.75, 3.05) is 11.5 Å². The fourth-order valence-electron chi connectivity index (χ4n) is 5.21. The Morgan fingerprint density at radius 1 is 0.893 bits per heavy atom. The van der Waals surface area contributed by atoms with Crippen molar-refractivity contribution in [3.05, 3.63) is 60.2 Å². The first-order valence-corrected chi connectivity index (χ1v) is 9.82. The molecule has 0 spiro atoms. The molecule has 142 valence electrons. The van der Waals surface area contributed by atoms with Gasteiger partial charge >= 0.3 is 0 Å². The number of anilines is 1. The normalized spacial score (nSPS) is 27.9. The first-order valence-electron chi connectivity index (χ1n) is 9.82. The van der Waals surface area contributed by atoms with Gasteiger partial charge in [-0.2, -0.15) is 0 Å². The van der Waals surface area contributed by atoms with E-state index < -0.39 is 0 Å². The van der Waals surface area contributed by atoms with Crippen LogP contribution >= 0.6 is 0 Å². The fourth-order valence-corrected chi connectivity index (χ4v) is 5.21. The Kier molecular flexibility index (Phi) is 4.04. The summed E-state index contributed by atoms with van der Waals surface area (Å²) >= 11 is 0. The van der Waals surface area contributed by atoms with Crippen LogP contribution in [0.3, 0.4) is 0 Å². The number of benzene rings is 2. The number of amides is 2. The predicted octanol–water partition coefficient (Wildman–Crippen LogP) is 3.48. The van der Waals surface area contributed by atoms with Crippen LogP contribution in [0.15, 0.2) is 54.6 Å². The Hall–Kier alpha value is -2.95. The first-order chi connectivity index (χ1) is 13.6. The van der Waals surface area contributed by atoms with Crippen LogP contribution in [0.1, 0.15) is 29.6 Å². The Morgan fingerprint density at radius 2 is 1.50 bits per heavy atom. The van der Waals surface area contributed by atoms with Gasteiger partial charge in [0.05, 0.1) is 17.5 Å². The highest BCUT2D eigenvalue weighted by molar-refractivity contribution is 6.22. The number of fused-ring (bicyclic) bond motifs is 5. The lowest BCUT2D eigenvalue weighted by Crippen LogP contribution is -2.32. The van der Waals surface area contributed by atoms with Crippen LogP contribution in [0.25, 0.3) is 0 Å². The predicted molar refractivity (Wildman–Crippen MR) is 103 cm³/mol. The summed E-state index contributed by atoms with van der Waals surface area (Å²) < 4.78 is 5.57. The third-order valence-electron chi connectivity index (χ3n) is 6.49. The van der Waals surface area contributed by atoms with Crippen LogP contribution in [0, 0.1) is 23.7 Å². The van der Waals surface area contributed by atoms with Crippen LogP contribution < -0.4 is 9.64 Å². The molecule has 0 radical (unpaired) electrons. The molecule has 1 heterocycles. The van der Waals surface area contributed by atoms with Gasteiger partial charge in [-0.05, 0) is 55.4 Å². The molecule has 1 saturated heterocycles. The maximum atomic E-state index is 12.9. The second-order valence-electron chi connectivity index (χ2n) is 7.97. The Balaban J connectivity index is 1.27. The van der Waals surface area contributed by atoms with Gasteiger partial charge in [0.15, 0.2) is 12.4 Å². The van der Waals surface area contributed by atoms with Gasteiger partial charge < -0.3 is 4.74 Å². The van der Waals surface area contributed by atoms with Gasteiger partial charge in [0, 0.05) is 5.56 Å². The smallest absolute Gasteiger partial charge is 0.237 e. The number of carbonyl (C=O) groups is 3. The molecule has 4 atom stereocenters. The standard InChI is InChI=1S/C23H21NO4/c25-19(14-4-2-1-3-5-14)13-28-18-10-8-17(9-11-18)24-22(26)20-15-6-7-16(12-15)21(20)23(24)27/h1-5,8-11,15-16,20-21H,6-7,12-13H2/t15-,16-,20+,21+/m0/s1. The molecule has 0 unspecified atom stereocenters. The number of ketones is 1. The molecule has 5 heteroatoms. The van der Waals surface area contributed by atoms with Crippen molar-refractivity contribution in [1.29, 1.82) is 0 Å². The molecule has 2 amide bonds. The minimum atomic E-state index is -0.120. The molecule has 28 heavy (non-hydrogen) atoms. The zero-order chi connectivity index (χ0) is 19.3. The Labute approximate surface area is 163 Å². The number of nitrogens with zero attached hydrogens (tertiary/aromatic N) is 1. The molecule has 2 aliphatic carbocycles. The van der Waals surface area contributed by atoms with Gasteiger partial charge in [-0.1, -0.05) is 30.3 Å². The summed E-state index contributed by atoms with van der Waals surface area (Å²) in [4.78, 5) is 39.2. The number of hydrogen-bond acceptors (Lipinski definition) is 4. The van der Waals surface area contributed by atoms with E-state index in [1.54, 1.807) is 36.4 Å². The van der Waals surface area contributed by atoms with Crippen molar-refractivity contribution in [3.8, 4) is 5.75 Å². The Bertz CT molecular complexity index is 909. The SMILES string of the molecule is O=C(COc1ccc(N2C(=O)[C@@H]3[C@H]4CC[C@@H](C4)[C@H]3C2=O)cc1)c1ccccc1. The molecule has 2 aromatic rings. The second-order valence-corrected chi connectivity index (χ2v) is 7.97. The highest BCUT2D eigenvalue weighted by Gasteiger charge is 2.61. The van der Waals surface area contributed by atoms with E-state index in [0.29, 0.717) is 28.8 Å². The monoisotopic (exact) mass is 375 g/mol. The van der Waals surface area contributed by atoms with Crippen LogP contribution in [0.5, 0.6) is 5.75 Å². The third kappa shape index (κ3) is 2.65. The van der Waals surface area contributed by atoms with Crippen molar-refractivity contribution in [1.82, 2.24) is 0 Å². The minimum absolute atomic E-state index is 0.0462. The summed E-state index contributed by atoms with van der Waals surface area (Å²) in [6.07, 6.45) is 3.17. The topological polar surface area (TPSA) is 63.7 Å². The van der Waals surface area contributed by atoms with Gasteiger partial charge in [0.2, 0.25) is 11.8 Å². The summed E-state index contributed by atoms with van der Waals surface area (Å²) in [5, 5.41) is 0. The zero-order valence-electron chi connectivity index (χ0n) is 15.4. The van der Waals surface area contributed by atoms with E-state index in [1.807, 2.05) is 18.2 Å². The molecule has 5 nitrogen and oxygen atoms in total. The molecule has 5 rings (SSSR count). The molecule has 3 aliphatic rings. The fraction of sp³-hybridized carbons (Fsp3) is 0.348. The average Bonchev–Trinajstić information content (AvgIpc) is 3.41. The van der Waals surface area contributed by atoms with E-state index in [-0.39, 0.29) is 36.0 Å². The molecule has 2 bridgehead atoms. The van der Waals surface area contributed by atoms with Gasteiger partial charge in [-0.25, -0.2) is 0 Å². The summed E-state index contributed by atoms with van der Waals surface area (Å²) in [6, 6.07) is 15.8. The van der Waals surface area contributed by atoms with Gasteiger partial charge in [-0.3, -0.25) is 19.3 Å². The number of ether oxygens (including phenoxy) is 1. The highest BCUT2D eigenvalue weighted by atomic mass is 16.5. The van der Waals surface area contributed by atoms with E-state index >= 15 is 0 Å². The van der Waals surface area contributed by atoms with Crippen molar-refractivity contribution in [3.63, 3.8) is 0 Å². The molecule has 1 aliphatic heterocycles. The molecular formula is C23H21NO4. The van der Waals surface area contributed by atoms with Crippen LogP contribution in [-0.4, -0.2) is 24.2 Å². The van der Waals surface area contributed by atoms with E-state index in [2.05, 4.69) is 0 Å². The van der Waals surface area contributed by atoms with Crippen LogP contribution in [0.4, 0.5) is 5.69 Å². The second kappa shape index (κ2) is 6.59. The maximum Gasteiger partial charge on any atom is 0.237 e. The van der Waals surface area contributed by atoms with E-state index in [1.165, 1.54) is 4.90 Å². The first kappa shape index (κ1) is 17.2. The third-order valence-corrected chi connectivity index (χ3v) is 6.49. The number of rotatable bonds is 5. The van der Waals surface area contributed by atoms with Crippen molar-refractivity contribution in [2.45, 2.75) is 19.3 Å². The minimum Gasteiger partial charge on any atom is -0.485 e. The molecule has 0 N–H and O–H groups in total. The van der Waals surface area contributed by atoms with Crippen molar-refractivity contribution in [2.24, 2.45) is 23.7 Å². The lowest BCUT2D eigenvalue weighted by atomic mass is 9.81. The number of carbonyl (C=O) groups excluding carboxylic acids is 3. The van der Waals surface area contributed by atoms with Gasteiger partial charge in [0.1, 0.15) is 5.75 Å². The summed E-state index contributed by atoms with van der Waals surface area (Å²) in [5.41, 5.74) is 1.19. The molecule has 2 saturated carbocycles. The Morgan fingerprint density at radius 3 is 2.11 bits per heavy atom. The lowest BCUT2D eigenvalue weighted by Gasteiger charge is -2.19. The van der Waals surface area contributed by atoms with Gasteiger partial charge in [-0.15, -0.1) is 0 Å². The molecule has 0 aromatic heterocycles. The van der Waals surface area contributed by atoms with Crippen molar-refractivity contribution >= 4 is 23.3 Å². The van der Waals surface area contributed by atoms with E-state index in [4.69, 9.17) is 4.74 Å². The number of imide groups is 1. The van der Waals surface area contributed by atoms with E-state index in [9.17, 15) is 14.4 Å². The summed E-state index contributed by atoms with van der Waals surface area (Å²) in [6.45, 7) is -0.0571. The number of Topliss-reactive ketones (excluding diaryl/α,β-unsaturated/α-hetero) is 1. The lowest BCUT2D eigenvalue weighted by molar-refractivity contribution is -0.123. The average molecular weight is 375 g/mol. The molecule has 2 aromatic carbocycles. The van der Waals surface area contributed by atoms with Crippen LogP contribution in [0.2, 0.25) is 0 Å². The summed E-state index contributed by atoms with van der Waals surface area (Å²) in [5.74, 6) is 0.859. The molecular weight excluding hydrogens is 354 g/mol. The maximum absolute atomic E-state index is 12.9. The summed E-state index contributed by atoms with van der Waals surface area (Å²) in [7, 11) is 0. The number of hydrogen-bond donors (Lipinski definition) is 0. The quantitative estimate of drug-likeness (QED) is 0.593. The van der Waals surface area contributed by atoms with Crippen LogP contribution in [-0.2, 0) is 9.59 Å². The van der Waals surface area contributed by atoms with Crippen molar-refractivity contribution < 1.29 is 19.1 Å².